The van der Waals surface area contributed by atoms with Crippen molar-refractivity contribution in [1.82, 2.24) is 24.6 Å². The Bertz CT molecular complexity index is 1230. The van der Waals surface area contributed by atoms with Crippen LogP contribution in [0.4, 0.5) is 0 Å². The van der Waals surface area contributed by atoms with Gasteiger partial charge in [0, 0.05) is 30.9 Å². The number of methoxy groups -OCH3 is 1. The number of nitrogens with zero attached hydrogens (tertiary/aromatic N) is 6. The molecule has 0 saturated carbocycles. The number of pyridine rings is 2. The van der Waals surface area contributed by atoms with Crippen molar-refractivity contribution in [2.45, 2.75) is 53.0 Å². The quantitative estimate of drug-likeness (QED) is 0.418. The van der Waals surface area contributed by atoms with Gasteiger partial charge in [0.05, 0.1) is 42.3 Å². The molecule has 3 aromatic rings. The van der Waals surface area contributed by atoms with Crippen molar-refractivity contribution in [3.63, 3.8) is 0 Å². The van der Waals surface area contributed by atoms with Crippen molar-refractivity contribution in [2.24, 2.45) is 4.99 Å². The first-order valence-corrected chi connectivity index (χ1v) is 12.0. The van der Waals surface area contributed by atoms with Gasteiger partial charge in [0.1, 0.15) is 5.82 Å². The second kappa shape index (κ2) is 10.6. The van der Waals surface area contributed by atoms with E-state index in [1.165, 1.54) is 11.1 Å². The zero-order chi connectivity index (χ0) is 24.1. The molecular formula is C27H34N6O. The number of aromatic nitrogens is 4. The number of hydrogen-bond acceptors (Lipinski definition) is 6. The normalized spacial score (nSPS) is 15.3. The molecule has 0 unspecified atom stereocenters. The van der Waals surface area contributed by atoms with Crippen molar-refractivity contribution < 1.29 is 4.74 Å². The van der Waals surface area contributed by atoms with Gasteiger partial charge in [-0.05, 0) is 69.4 Å². The van der Waals surface area contributed by atoms with Gasteiger partial charge in [-0.3, -0.25) is 9.67 Å². The molecule has 1 saturated heterocycles. The standard InChI is InChI=1S/C27H34N6O/c1-6-20(7-2)16-30-26(19(3)4)32-13-10-22(11-14-32)33-25-18-29-24(15-21(25)17-31-33)23-9-8-12-28-27(23)34-5/h6,8-9,12,15-18,22H,7,10-11,13-14H2,1-5H3/b20-6-,30-16-. The van der Waals surface area contributed by atoms with Gasteiger partial charge >= 0.3 is 0 Å². The molecule has 0 radical (unpaired) electrons. The number of rotatable bonds is 7. The van der Waals surface area contributed by atoms with E-state index in [2.05, 4.69) is 54.4 Å². The number of ether oxygens (including phenoxy) is 1. The van der Waals surface area contributed by atoms with E-state index in [1.807, 2.05) is 30.7 Å². The molecule has 0 amide bonds. The SMILES string of the molecule is C/C=C(\C=N/C(=C(C)C)N1CCC(n2ncc3cc(-c4cccnc4OC)ncc32)CC1)CC. The van der Waals surface area contributed by atoms with Crippen LogP contribution in [0.1, 0.15) is 53.0 Å². The van der Waals surface area contributed by atoms with E-state index in [1.54, 1.807) is 13.3 Å². The molecule has 0 spiro atoms. The maximum absolute atomic E-state index is 5.41. The summed E-state index contributed by atoms with van der Waals surface area (Å²) in [6.07, 6.45) is 12.8. The van der Waals surface area contributed by atoms with E-state index in [-0.39, 0.29) is 0 Å². The highest BCUT2D eigenvalue weighted by atomic mass is 16.5. The van der Waals surface area contributed by atoms with Crippen molar-refractivity contribution in [2.75, 3.05) is 20.2 Å². The molecule has 0 aliphatic carbocycles. The number of fused-ring (bicyclic) bond motifs is 1. The van der Waals surface area contributed by atoms with Crippen molar-refractivity contribution in [1.29, 1.82) is 0 Å². The van der Waals surface area contributed by atoms with Crippen LogP contribution in [0.2, 0.25) is 0 Å². The van der Waals surface area contributed by atoms with Gasteiger partial charge in [-0.2, -0.15) is 5.10 Å². The molecule has 1 aliphatic heterocycles. The maximum atomic E-state index is 5.41. The molecule has 1 fully saturated rings. The lowest BCUT2D eigenvalue weighted by Gasteiger charge is -2.34. The average Bonchev–Trinajstić information content (AvgIpc) is 3.30. The minimum Gasteiger partial charge on any atom is -0.481 e. The lowest BCUT2D eigenvalue weighted by Crippen LogP contribution is -2.34. The van der Waals surface area contributed by atoms with Gasteiger partial charge in [-0.1, -0.05) is 13.0 Å². The lowest BCUT2D eigenvalue weighted by molar-refractivity contribution is 0.219. The number of aliphatic imine (C=N–C) groups is 1. The van der Waals surface area contributed by atoms with Crippen LogP contribution in [0.25, 0.3) is 22.2 Å². The third-order valence-electron chi connectivity index (χ3n) is 6.41. The molecule has 34 heavy (non-hydrogen) atoms. The first kappa shape index (κ1) is 23.7. The Morgan fingerprint density at radius 3 is 2.68 bits per heavy atom. The van der Waals surface area contributed by atoms with E-state index in [0.717, 1.165) is 60.3 Å². The van der Waals surface area contributed by atoms with Gasteiger partial charge in [-0.25, -0.2) is 9.98 Å². The Balaban J connectivity index is 1.51. The summed E-state index contributed by atoms with van der Waals surface area (Å²) in [6.45, 7) is 10.4. The second-order valence-corrected chi connectivity index (χ2v) is 8.79. The van der Waals surface area contributed by atoms with Crippen LogP contribution in [-0.4, -0.2) is 51.1 Å². The second-order valence-electron chi connectivity index (χ2n) is 8.79. The molecule has 7 heteroatoms. The minimum atomic E-state index is 0.346. The van der Waals surface area contributed by atoms with Gasteiger partial charge in [0.25, 0.3) is 0 Å². The van der Waals surface area contributed by atoms with Crippen molar-refractivity contribution in [3.8, 4) is 17.1 Å². The van der Waals surface area contributed by atoms with Crippen LogP contribution in [0, 0.1) is 0 Å². The molecule has 1 aliphatic rings. The predicted molar refractivity (Wildman–Crippen MR) is 138 cm³/mol. The van der Waals surface area contributed by atoms with Crippen LogP contribution >= 0.6 is 0 Å². The minimum absolute atomic E-state index is 0.346. The van der Waals surface area contributed by atoms with E-state index in [9.17, 15) is 0 Å². The molecule has 7 nitrogen and oxygen atoms in total. The fourth-order valence-electron chi connectivity index (χ4n) is 4.50. The fourth-order valence-corrected chi connectivity index (χ4v) is 4.50. The lowest BCUT2D eigenvalue weighted by atomic mass is 10.0. The Morgan fingerprint density at radius 2 is 2.00 bits per heavy atom. The molecule has 178 valence electrons. The molecule has 0 atom stereocenters. The summed E-state index contributed by atoms with van der Waals surface area (Å²) in [5, 5.41) is 5.82. The summed E-state index contributed by atoms with van der Waals surface area (Å²) in [6, 6.07) is 6.28. The average molecular weight is 459 g/mol. The van der Waals surface area contributed by atoms with Crippen LogP contribution in [-0.2, 0) is 0 Å². The number of piperidine rings is 1. The summed E-state index contributed by atoms with van der Waals surface area (Å²) >= 11 is 0. The fraction of sp³-hybridized carbons (Fsp3) is 0.407. The highest BCUT2D eigenvalue weighted by molar-refractivity contribution is 5.83. The predicted octanol–water partition coefficient (Wildman–Crippen LogP) is 5.82. The molecular weight excluding hydrogens is 424 g/mol. The Labute approximate surface area is 201 Å². The van der Waals surface area contributed by atoms with Gasteiger partial charge in [-0.15, -0.1) is 0 Å². The Morgan fingerprint density at radius 1 is 1.21 bits per heavy atom. The smallest absolute Gasteiger partial charge is 0.222 e. The van der Waals surface area contributed by atoms with Crippen LogP contribution in [0.15, 0.2) is 64.8 Å². The maximum Gasteiger partial charge on any atom is 0.222 e. The largest absolute Gasteiger partial charge is 0.481 e. The monoisotopic (exact) mass is 458 g/mol. The van der Waals surface area contributed by atoms with E-state index < -0.39 is 0 Å². The number of hydrogen-bond donors (Lipinski definition) is 0. The summed E-state index contributed by atoms with van der Waals surface area (Å²) in [5.74, 6) is 1.67. The van der Waals surface area contributed by atoms with Crippen LogP contribution in [0.5, 0.6) is 5.88 Å². The summed E-state index contributed by atoms with van der Waals surface area (Å²) in [5.41, 5.74) is 5.28. The molecule has 4 heterocycles. The number of allylic oxidation sites excluding steroid dienone is 3. The third-order valence-corrected chi connectivity index (χ3v) is 6.41. The van der Waals surface area contributed by atoms with E-state index in [4.69, 9.17) is 19.8 Å². The highest BCUT2D eigenvalue weighted by Gasteiger charge is 2.24. The topological polar surface area (TPSA) is 68.4 Å². The Hall–Kier alpha value is -3.48. The summed E-state index contributed by atoms with van der Waals surface area (Å²) < 4.78 is 7.55. The summed E-state index contributed by atoms with van der Waals surface area (Å²) in [4.78, 5) is 16.3. The first-order chi connectivity index (χ1) is 16.5. The van der Waals surface area contributed by atoms with Crippen molar-refractivity contribution in [3.05, 3.63) is 59.8 Å². The zero-order valence-electron chi connectivity index (χ0n) is 20.8. The Kier molecular flexibility index (Phi) is 7.40. The van der Waals surface area contributed by atoms with Crippen LogP contribution in [0.3, 0.4) is 0 Å². The highest BCUT2D eigenvalue weighted by Crippen LogP contribution is 2.31. The van der Waals surface area contributed by atoms with Gasteiger partial charge in [0.2, 0.25) is 5.88 Å². The van der Waals surface area contributed by atoms with E-state index in [0.29, 0.717) is 11.9 Å². The third kappa shape index (κ3) is 4.88. The molecule has 3 aromatic heterocycles. The zero-order valence-corrected chi connectivity index (χ0v) is 20.8. The van der Waals surface area contributed by atoms with E-state index >= 15 is 0 Å². The molecule has 0 aromatic carbocycles. The summed E-state index contributed by atoms with van der Waals surface area (Å²) in [7, 11) is 1.63. The molecule has 0 N–H and O–H groups in total. The first-order valence-electron chi connectivity index (χ1n) is 12.0. The van der Waals surface area contributed by atoms with Crippen molar-refractivity contribution >= 4 is 17.1 Å². The molecule has 4 rings (SSSR count). The number of likely N-dealkylation sites (tertiary alicyclic amines) is 1. The van der Waals surface area contributed by atoms with Crippen LogP contribution < -0.4 is 4.74 Å². The molecule has 0 bridgehead atoms. The van der Waals surface area contributed by atoms with Gasteiger partial charge in [0.15, 0.2) is 0 Å². The van der Waals surface area contributed by atoms with Gasteiger partial charge < -0.3 is 9.64 Å².